The molecule has 0 aliphatic carbocycles. The van der Waals surface area contributed by atoms with Gasteiger partial charge < -0.3 is 10.1 Å². The number of rotatable bonds is 8. The fourth-order valence-electron chi connectivity index (χ4n) is 2.03. The summed E-state index contributed by atoms with van der Waals surface area (Å²) in [4.78, 5) is 23.8. The van der Waals surface area contributed by atoms with Crippen molar-refractivity contribution >= 4 is 11.9 Å². The molecule has 4 nitrogen and oxygen atoms in total. The van der Waals surface area contributed by atoms with Crippen molar-refractivity contribution in [2.75, 3.05) is 6.61 Å². The Hall–Kier alpha value is -2.10. The highest BCUT2D eigenvalue weighted by molar-refractivity contribution is 5.94. The molecule has 0 aliphatic rings. The van der Waals surface area contributed by atoms with E-state index in [-0.39, 0.29) is 30.9 Å². The predicted molar refractivity (Wildman–Crippen MR) is 82.9 cm³/mol. The number of hydrogen-bond donors (Lipinski definition) is 1. The van der Waals surface area contributed by atoms with Crippen LogP contribution in [0.15, 0.2) is 43.0 Å². The van der Waals surface area contributed by atoms with Crippen LogP contribution >= 0.6 is 0 Å². The monoisotopic (exact) mass is 289 g/mol. The van der Waals surface area contributed by atoms with E-state index < -0.39 is 0 Å². The summed E-state index contributed by atoms with van der Waals surface area (Å²) in [5.41, 5.74) is 0.589. The Labute approximate surface area is 126 Å². The van der Waals surface area contributed by atoms with Crippen LogP contribution in [0.25, 0.3) is 0 Å². The number of carbonyl (C=O) groups is 2. The van der Waals surface area contributed by atoms with E-state index in [2.05, 4.69) is 25.7 Å². The number of nitrogens with one attached hydrogen (secondary N) is 1. The maximum absolute atomic E-state index is 12.2. The summed E-state index contributed by atoms with van der Waals surface area (Å²) >= 11 is 0. The maximum Gasteiger partial charge on any atom is 0.308 e. The zero-order valence-electron chi connectivity index (χ0n) is 12.7. The van der Waals surface area contributed by atoms with Crippen LogP contribution < -0.4 is 5.32 Å². The zero-order chi connectivity index (χ0) is 15.7. The largest absolute Gasteiger partial charge is 0.461 e. The summed E-state index contributed by atoms with van der Waals surface area (Å²) in [5.74, 6) is -0.120. The van der Waals surface area contributed by atoms with Crippen LogP contribution in [0.1, 0.15) is 37.0 Å². The topological polar surface area (TPSA) is 55.4 Å². The second-order valence-electron chi connectivity index (χ2n) is 5.34. The molecule has 4 heteroatoms. The van der Waals surface area contributed by atoms with Crippen molar-refractivity contribution in [2.45, 2.75) is 32.7 Å². The standard InChI is InChI=1S/C17H23NO3/c1-4-10-21-16(19)12-15(11-13(2)3)18-17(20)14-8-6-5-7-9-14/h4-9,13,15H,1,10-12H2,2-3H3,(H,18,20)/t15-/m0/s1. The molecule has 1 rings (SSSR count). The Kier molecular flexibility index (Phi) is 7.23. The Morgan fingerprint density at radius 2 is 1.95 bits per heavy atom. The second-order valence-corrected chi connectivity index (χ2v) is 5.34. The molecule has 1 aromatic carbocycles. The van der Waals surface area contributed by atoms with Crippen molar-refractivity contribution in [1.29, 1.82) is 0 Å². The van der Waals surface area contributed by atoms with Gasteiger partial charge in [0.05, 0.1) is 6.42 Å². The summed E-state index contributed by atoms with van der Waals surface area (Å²) in [6.07, 6.45) is 2.42. The van der Waals surface area contributed by atoms with E-state index in [1.165, 1.54) is 6.08 Å². The van der Waals surface area contributed by atoms with E-state index in [0.717, 1.165) is 6.42 Å². The first kappa shape index (κ1) is 17.0. The van der Waals surface area contributed by atoms with Crippen LogP contribution in [0.2, 0.25) is 0 Å². The molecule has 0 aliphatic heterocycles. The third kappa shape index (κ3) is 6.75. The lowest BCUT2D eigenvalue weighted by atomic mass is 10.0. The molecule has 0 bridgehead atoms. The van der Waals surface area contributed by atoms with Gasteiger partial charge in [0.1, 0.15) is 6.61 Å². The first-order valence-corrected chi connectivity index (χ1v) is 7.15. The van der Waals surface area contributed by atoms with Gasteiger partial charge in [-0.1, -0.05) is 44.7 Å². The smallest absolute Gasteiger partial charge is 0.308 e. The van der Waals surface area contributed by atoms with Gasteiger partial charge in [0, 0.05) is 11.6 Å². The Morgan fingerprint density at radius 1 is 1.29 bits per heavy atom. The summed E-state index contributed by atoms with van der Waals surface area (Å²) in [7, 11) is 0. The Morgan fingerprint density at radius 3 is 2.52 bits per heavy atom. The summed E-state index contributed by atoms with van der Waals surface area (Å²) in [6.45, 7) is 7.80. The first-order chi connectivity index (χ1) is 10.0. The van der Waals surface area contributed by atoms with E-state index in [4.69, 9.17) is 4.74 Å². The number of ether oxygens (including phenoxy) is 1. The predicted octanol–water partition coefficient (Wildman–Crippen LogP) is 2.95. The van der Waals surface area contributed by atoms with Crippen LogP contribution in [-0.4, -0.2) is 24.5 Å². The van der Waals surface area contributed by atoms with Crippen LogP contribution in [0, 0.1) is 5.92 Å². The molecule has 0 unspecified atom stereocenters. The summed E-state index contributed by atoms with van der Waals surface area (Å²) in [5, 5.41) is 2.91. The van der Waals surface area contributed by atoms with Crippen LogP contribution in [0.5, 0.6) is 0 Å². The van der Waals surface area contributed by atoms with Gasteiger partial charge in [0.15, 0.2) is 0 Å². The second kappa shape index (κ2) is 8.95. The average Bonchev–Trinajstić information content (AvgIpc) is 2.45. The number of amides is 1. The van der Waals surface area contributed by atoms with Gasteiger partial charge in [-0.05, 0) is 24.5 Å². The van der Waals surface area contributed by atoms with Gasteiger partial charge in [-0.3, -0.25) is 9.59 Å². The lowest BCUT2D eigenvalue weighted by Gasteiger charge is -2.20. The van der Waals surface area contributed by atoms with E-state index in [0.29, 0.717) is 11.5 Å². The van der Waals surface area contributed by atoms with Crippen molar-refractivity contribution in [3.8, 4) is 0 Å². The van der Waals surface area contributed by atoms with Gasteiger partial charge in [-0.25, -0.2) is 0 Å². The highest BCUT2D eigenvalue weighted by atomic mass is 16.5. The maximum atomic E-state index is 12.2. The molecule has 21 heavy (non-hydrogen) atoms. The van der Waals surface area contributed by atoms with Crippen LogP contribution in [-0.2, 0) is 9.53 Å². The van der Waals surface area contributed by atoms with Gasteiger partial charge >= 0.3 is 5.97 Å². The Balaban J connectivity index is 2.63. The average molecular weight is 289 g/mol. The summed E-state index contributed by atoms with van der Waals surface area (Å²) in [6, 6.07) is 8.75. The van der Waals surface area contributed by atoms with Gasteiger partial charge in [-0.2, -0.15) is 0 Å². The minimum Gasteiger partial charge on any atom is -0.461 e. The number of carbonyl (C=O) groups excluding carboxylic acids is 2. The quantitative estimate of drug-likeness (QED) is 0.591. The molecule has 0 radical (unpaired) electrons. The Bertz CT molecular complexity index is 468. The first-order valence-electron chi connectivity index (χ1n) is 7.15. The molecule has 0 saturated heterocycles. The fourth-order valence-corrected chi connectivity index (χ4v) is 2.03. The molecule has 1 aromatic rings. The van der Waals surface area contributed by atoms with Crippen molar-refractivity contribution in [1.82, 2.24) is 5.32 Å². The normalized spacial score (nSPS) is 11.8. The molecule has 0 aromatic heterocycles. The van der Waals surface area contributed by atoms with Crippen LogP contribution in [0.4, 0.5) is 0 Å². The molecule has 1 amide bonds. The SMILES string of the molecule is C=CCOC(=O)C[C@H](CC(C)C)NC(=O)c1ccccc1. The highest BCUT2D eigenvalue weighted by Crippen LogP contribution is 2.10. The number of benzene rings is 1. The molecule has 0 heterocycles. The molecule has 0 saturated carbocycles. The molecule has 0 spiro atoms. The highest BCUT2D eigenvalue weighted by Gasteiger charge is 2.19. The van der Waals surface area contributed by atoms with Gasteiger partial charge in [-0.15, -0.1) is 0 Å². The molecular formula is C17H23NO3. The van der Waals surface area contributed by atoms with Crippen molar-refractivity contribution in [3.63, 3.8) is 0 Å². The third-order valence-corrected chi connectivity index (χ3v) is 2.90. The molecule has 1 atom stereocenters. The van der Waals surface area contributed by atoms with E-state index in [1.807, 2.05) is 18.2 Å². The minimum absolute atomic E-state index is 0.169. The fraction of sp³-hybridized carbons (Fsp3) is 0.412. The summed E-state index contributed by atoms with van der Waals surface area (Å²) < 4.78 is 4.98. The van der Waals surface area contributed by atoms with Gasteiger partial charge in [0.2, 0.25) is 0 Å². The lowest BCUT2D eigenvalue weighted by Crippen LogP contribution is -2.37. The van der Waals surface area contributed by atoms with Crippen molar-refractivity contribution < 1.29 is 14.3 Å². The molecular weight excluding hydrogens is 266 g/mol. The molecule has 114 valence electrons. The number of hydrogen-bond acceptors (Lipinski definition) is 3. The molecule has 1 N–H and O–H groups in total. The van der Waals surface area contributed by atoms with Crippen LogP contribution in [0.3, 0.4) is 0 Å². The lowest BCUT2D eigenvalue weighted by molar-refractivity contribution is -0.143. The zero-order valence-corrected chi connectivity index (χ0v) is 12.7. The van der Waals surface area contributed by atoms with Crippen molar-refractivity contribution in [3.05, 3.63) is 48.6 Å². The minimum atomic E-state index is -0.325. The van der Waals surface area contributed by atoms with E-state index >= 15 is 0 Å². The molecule has 0 fully saturated rings. The van der Waals surface area contributed by atoms with Crippen molar-refractivity contribution in [2.24, 2.45) is 5.92 Å². The number of esters is 1. The third-order valence-electron chi connectivity index (χ3n) is 2.90. The van der Waals surface area contributed by atoms with E-state index in [1.54, 1.807) is 12.1 Å². The van der Waals surface area contributed by atoms with Gasteiger partial charge in [0.25, 0.3) is 5.91 Å². The van der Waals surface area contributed by atoms with E-state index in [9.17, 15) is 9.59 Å².